The van der Waals surface area contributed by atoms with Gasteiger partial charge in [0.05, 0.1) is 12.9 Å². The number of carboxylic acids is 1. The average Bonchev–Trinajstić information content (AvgIpc) is 2.95. The van der Waals surface area contributed by atoms with Crippen LogP contribution in [-0.2, 0) is 24.4 Å². The minimum Gasteiger partial charge on any atom is -0.475 e. The van der Waals surface area contributed by atoms with Crippen LogP contribution in [-0.4, -0.2) is 17.7 Å². The first-order chi connectivity index (χ1) is 10.2. The van der Waals surface area contributed by atoms with E-state index >= 15 is 0 Å². The van der Waals surface area contributed by atoms with Crippen molar-refractivity contribution in [2.24, 2.45) is 0 Å². The van der Waals surface area contributed by atoms with Gasteiger partial charge in [-0.2, -0.15) is 0 Å². The molecule has 0 bridgehead atoms. The lowest BCUT2D eigenvalue weighted by atomic mass is 10.1. The highest BCUT2D eigenvalue weighted by atomic mass is 16.5. The molecule has 21 heavy (non-hydrogen) atoms. The van der Waals surface area contributed by atoms with Gasteiger partial charge in [-0.15, -0.1) is 0 Å². The average molecular weight is 289 g/mol. The zero-order valence-electron chi connectivity index (χ0n) is 12.0. The summed E-state index contributed by atoms with van der Waals surface area (Å²) in [7, 11) is 0. The fourth-order valence-electron chi connectivity index (χ4n) is 2.08. The number of furan rings is 1. The van der Waals surface area contributed by atoms with Crippen LogP contribution in [0.2, 0.25) is 0 Å². The number of carbonyl (C=O) groups is 1. The molecule has 5 nitrogen and oxygen atoms in total. The monoisotopic (exact) mass is 289 g/mol. The summed E-state index contributed by atoms with van der Waals surface area (Å²) in [5.74, 6) is -1.06. The molecule has 0 aliphatic rings. The van der Waals surface area contributed by atoms with Crippen molar-refractivity contribution in [3.8, 4) is 0 Å². The van der Waals surface area contributed by atoms with E-state index < -0.39 is 5.97 Å². The van der Waals surface area contributed by atoms with E-state index in [1.54, 1.807) is 6.07 Å². The van der Waals surface area contributed by atoms with Crippen molar-refractivity contribution >= 4 is 5.97 Å². The van der Waals surface area contributed by atoms with Crippen molar-refractivity contribution in [1.29, 1.82) is 0 Å². The third kappa shape index (κ3) is 4.18. The van der Waals surface area contributed by atoms with Gasteiger partial charge in [-0.25, -0.2) is 4.79 Å². The zero-order chi connectivity index (χ0) is 15.1. The summed E-state index contributed by atoms with van der Waals surface area (Å²) in [6.45, 7) is 4.32. The third-order valence-electron chi connectivity index (χ3n) is 3.15. The standard InChI is InChI=1S/C16H19NO4/c1-2-20-11-14-6-4-3-5-12(14)9-17-10-13-7-8-21-15(13)16(18)19/h3-8,17H,2,9-11H2,1H3,(H,18,19). The van der Waals surface area contributed by atoms with Crippen LogP contribution in [0.4, 0.5) is 0 Å². The molecule has 0 spiro atoms. The highest BCUT2D eigenvalue weighted by molar-refractivity contribution is 5.86. The molecule has 0 radical (unpaired) electrons. The van der Waals surface area contributed by atoms with Crippen LogP contribution in [0, 0.1) is 0 Å². The van der Waals surface area contributed by atoms with Gasteiger partial charge in [0.15, 0.2) is 0 Å². The number of benzene rings is 1. The predicted molar refractivity (Wildman–Crippen MR) is 78.0 cm³/mol. The Bertz CT molecular complexity index is 591. The first-order valence-electron chi connectivity index (χ1n) is 6.87. The van der Waals surface area contributed by atoms with E-state index in [4.69, 9.17) is 14.3 Å². The second-order valence-electron chi connectivity index (χ2n) is 4.59. The number of aromatic carboxylic acids is 1. The summed E-state index contributed by atoms with van der Waals surface area (Å²) in [5.41, 5.74) is 2.92. The van der Waals surface area contributed by atoms with Crippen LogP contribution in [0.15, 0.2) is 41.0 Å². The Labute approximate surface area is 123 Å². The number of rotatable bonds is 8. The Kier molecular flexibility index (Phi) is 5.54. The number of ether oxygens (including phenoxy) is 1. The maximum atomic E-state index is 11.0. The van der Waals surface area contributed by atoms with E-state index in [0.29, 0.717) is 31.9 Å². The highest BCUT2D eigenvalue weighted by Gasteiger charge is 2.13. The van der Waals surface area contributed by atoms with E-state index in [1.807, 2.05) is 31.2 Å². The minimum atomic E-state index is -1.05. The number of nitrogens with one attached hydrogen (secondary N) is 1. The van der Waals surface area contributed by atoms with Crippen molar-refractivity contribution in [1.82, 2.24) is 5.32 Å². The minimum absolute atomic E-state index is 0.00917. The summed E-state index contributed by atoms with van der Waals surface area (Å²) in [4.78, 5) is 11.0. The summed E-state index contributed by atoms with van der Waals surface area (Å²) >= 11 is 0. The van der Waals surface area contributed by atoms with E-state index in [1.165, 1.54) is 6.26 Å². The van der Waals surface area contributed by atoms with Gasteiger partial charge in [-0.3, -0.25) is 0 Å². The van der Waals surface area contributed by atoms with Gasteiger partial charge in [-0.1, -0.05) is 24.3 Å². The van der Waals surface area contributed by atoms with Crippen LogP contribution < -0.4 is 5.32 Å². The topological polar surface area (TPSA) is 71.7 Å². The van der Waals surface area contributed by atoms with Crippen molar-refractivity contribution in [3.05, 3.63) is 59.0 Å². The molecule has 0 fully saturated rings. The molecule has 2 aromatic rings. The first-order valence-corrected chi connectivity index (χ1v) is 6.87. The summed E-state index contributed by atoms with van der Waals surface area (Å²) in [6, 6.07) is 9.70. The van der Waals surface area contributed by atoms with Gasteiger partial charge in [0, 0.05) is 25.3 Å². The van der Waals surface area contributed by atoms with Crippen LogP contribution in [0.1, 0.15) is 34.2 Å². The quantitative estimate of drug-likeness (QED) is 0.782. The Hall–Kier alpha value is -2.11. The molecular formula is C16H19NO4. The summed E-state index contributed by atoms with van der Waals surface area (Å²) in [5, 5.41) is 12.2. The van der Waals surface area contributed by atoms with Crippen molar-refractivity contribution in [2.45, 2.75) is 26.6 Å². The lowest BCUT2D eigenvalue weighted by Gasteiger charge is -2.10. The Morgan fingerprint density at radius 3 is 2.62 bits per heavy atom. The fraction of sp³-hybridized carbons (Fsp3) is 0.312. The highest BCUT2D eigenvalue weighted by Crippen LogP contribution is 2.12. The molecule has 0 aliphatic carbocycles. The predicted octanol–water partition coefficient (Wildman–Crippen LogP) is 2.80. The van der Waals surface area contributed by atoms with E-state index in [9.17, 15) is 4.79 Å². The third-order valence-corrected chi connectivity index (χ3v) is 3.15. The largest absolute Gasteiger partial charge is 0.475 e. The first kappa shape index (κ1) is 15.3. The van der Waals surface area contributed by atoms with Gasteiger partial charge in [-0.05, 0) is 24.1 Å². The molecule has 0 aliphatic heterocycles. The molecular weight excluding hydrogens is 270 g/mol. The normalized spacial score (nSPS) is 10.7. The second-order valence-corrected chi connectivity index (χ2v) is 4.59. The molecule has 5 heteroatoms. The van der Waals surface area contributed by atoms with Crippen LogP contribution in [0.25, 0.3) is 0 Å². The van der Waals surface area contributed by atoms with Gasteiger partial charge in [0.1, 0.15) is 0 Å². The second kappa shape index (κ2) is 7.61. The van der Waals surface area contributed by atoms with Crippen molar-refractivity contribution in [2.75, 3.05) is 6.61 Å². The SMILES string of the molecule is CCOCc1ccccc1CNCc1ccoc1C(=O)O. The Morgan fingerprint density at radius 1 is 1.19 bits per heavy atom. The lowest BCUT2D eigenvalue weighted by molar-refractivity contribution is 0.0660. The van der Waals surface area contributed by atoms with Crippen molar-refractivity contribution < 1.29 is 19.1 Å². The van der Waals surface area contributed by atoms with Gasteiger partial charge < -0.3 is 19.6 Å². The Balaban J connectivity index is 1.94. The van der Waals surface area contributed by atoms with Gasteiger partial charge >= 0.3 is 5.97 Å². The molecule has 0 amide bonds. The number of carboxylic acid groups (broad SMARTS) is 1. The fourth-order valence-corrected chi connectivity index (χ4v) is 2.08. The molecule has 2 rings (SSSR count). The Morgan fingerprint density at radius 2 is 1.90 bits per heavy atom. The van der Waals surface area contributed by atoms with Crippen LogP contribution in [0.5, 0.6) is 0 Å². The van der Waals surface area contributed by atoms with Crippen LogP contribution >= 0.6 is 0 Å². The smallest absolute Gasteiger partial charge is 0.372 e. The summed E-state index contributed by atoms with van der Waals surface area (Å²) in [6.07, 6.45) is 1.39. The number of hydrogen-bond acceptors (Lipinski definition) is 4. The number of hydrogen-bond donors (Lipinski definition) is 2. The molecule has 0 saturated heterocycles. The van der Waals surface area contributed by atoms with Crippen molar-refractivity contribution in [3.63, 3.8) is 0 Å². The molecule has 0 saturated carbocycles. The van der Waals surface area contributed by atoms with Gasteiger partial charge in [0.2, 0.25) is 5.76 Å². The zero-order valence-corrected chi connectivity index (χ0v) is 12.0. The van der Waals surface area contributed by atoms with E-state index in [0.717, 1.165) is 11.1 Å². The summed E-state index contributed by atoms with van der Waals surface area (Å²) < 4.78 is 10.4. The van der Waals surface area contributed by atoms with E-state index in [2.05, 4.69) is 5.32 Å². The molecule has 0 unspecified atom stereocenters. The molecule has 112 valence electrons. The molecule has 0 atom stereocenters. The van der Waals surface area contributed by atoms with Gasteiger partial charge in [0.25, 0.3) is 0 Å². The van der Waals surface area contributed by atoms with Crippen LogP contribution in [0.3, 0.4) is 0 Å². The maximum absolute atomic E-state index is 11.0. The maximum Gasteiger partial charge on any atom is 0.372 e. The molecule has 1 heterocycles. The molecule has 1 aromatic carbocycles. The van der Waals surface area contributed by atoms with E-state index in [-0.39, 0.29) is 5.76 Å². The molecule has 1 aromatic heterocycles. The lowest BCUT2D eigenvalue weighted by Crippen LogP contribution is -2.15. The molecule has 2 N–H and O–H groups in total.